The number of ketones is 3. The highest BCUT2D eigenvalue weighted by atomic mass is 16.6. The van der Waals surface area contributed by atoms with Crippen molar-refractivity contribution in [2.75, 3.05) is 51.3 Å². The highest BCUT2D eigenvalue weighted by Gasteiger charge is 2.53. The molecule has 1 aromatic carbocycles. The molecule has 8 rings (SSSR count). The second-order valence-electron chi connectivity index (χ2n) is 25.6. The maximum absolute atomic E-state index is 14.7. The van der Waals surface area contributed by atoms with Crippen LogP contribution in [-0.4, -0.2) is 165 Å². The molecule has 3 aromatic rings. The van der Waals surface area contributed by atoms with E-state index in [1.54, 1.807) is 47.1 Å². The molecule has 19 nitrogen and oxygen atoms in total. The van der Waals surface area contributed by atoms with Gasteiger partial charge in [0.05, 0.1) is 37.7 Å². The first-order chi connectivity index (χ1) is 42.7. The zero-order chi connectivity index (χ0) is 63.9. The smallest absolute Gasteiger partial charge is 0.329 e. The highest BCUT2D eigenvalue weighted by Crippen LogP contribution is 2.40. The number of esters is 1. The number of furan rings is 1. The standard InChI is InChI=1S/C70H94N6O13/c1-9-27-74-29-31-75(32-30-74)69-72-41-53(42-73-69)52-20-15-19-51(36-52)43-87-60-26-24-50(38-62(60)85-8)37-56(71)61-40-58(77)46(4)35-48(6)64(79)65(80)63(78)47(5)34-44(2)17-11-10-12-18-45(3)55(59-22-16-33-86-59)39-54-25-23-49(7)70(84,89-54)66(81)67(82)76-28-14-13-21-57(76)68(83)88-61/h1,10-12,15-20,22,33,35-36,41-42,44,46-47,49-50,54-57,60-62,64-65,79-80,84H,13-14,21,23-32,34,37-40,43,71H2,2-8H3/b12-10+,17-11+,45-18+,48-35+/t44-,46-,47-,49-,50+,54+,55?,56-,57+,60-,61+,62-,64-,65+,70-/m1/s1. The monoisotopic (exact) mass is 1230 g/mol. The molecule has 0 spiro atoms. The Bertz CT molecular complexity index is 3040. The first-order valence-electron chi connectivity index (χ1n) is 32.0. The summed E-state index contributed by atoms with van der Waals surface area (Å²) in [7, 11) is 1.65. The molecule has 4 aliphatic heterocycles. The maximum atomic E-state index is 14.7. The molecule has 1 amide bonds. The topological polar surface area (TPSA) is 258 Å². The fourth-order valence-corrected chi connectivity index (χ4v) is 13.3. The number of carbonyl (C=O) groups excluding carboxylic acids is 5. The molecule has 5 N–H and O–H groups in total. The van der Waals surface area contributed by atoms with Crippen LogP contribution in [0.15, 0.2) is 107 Å². The van der Waals surface area contributed by atoms with Gasteiger partial charge in [0.25, 0.3) is 11.7 Å². The molecule has 5 aliphatic rings. The predicted octanol–water partition coefficient (Wildman–Crippen LogP) is 8.02. The van der Waals surface area contributed by atoms with Crippen LogP contribution >= 0.6 is 0 Å². The number of aliphatic hydroxyl groups excluding tert-OH is 2. The number of fused-ring (bicyclic) bond motifs is 3. The summed E-state index contributed by atoms with van der Waals surface area (Å²) < 4.78 is 31.2. The van der Waals surface area contributed by atoms with Gasteiger partial charge in [0.2, 0.25) is 11.7 Å². The SMILES string of the molecule is C#CCN1CCN(c2ncc(-c3cccc(CO[C@@H]4CC[C@@H](C[C@@H](N)[C@@H]5CC(=O)[C@H](C)/C=C(\C)[C@@H](O)[C@@H](O)C(=O)[C@H](C)C[C@H](C)/C=C/C=C/C=C(\C)C(c6ccco6)C[C@@H]6CC[C@@H](C)[C@@](O)(O6)C(=O)C(=O)N6CCCC[C@H]6C(=O)O5)C[C@H]4OC)c3)cn2)CC1. The number of carbonyl (C=O) groups is 5. The van der Waals surface area contributed by atoms with Crippen LogP contribution < -0.4 is 10.6 Å². The van der Waals surface area contributed by atoms with Crippen LogP contribution in [0.1, 0.15) is 136 Å². The molecule has 15 atom stereocenters. The van der Waals surface area contributed by atoms with Gasteiger partial charge >= 0.3 is 5.97 Å². The zero-order valence-electron chi connectivity index (χ0n) is 53.0. The molecule has 4 fully saturated rings. The second kappa shape index (κ2) is 32.0. The number of benzene rings is 1. The maximum Gasteiger partial charge on any atom is 0.329 e. The van der Waals surface area contributed by atoms with Crippen LogP contribution in [0.5, 0.6) is 0 Å². The van der Waals surface area contributed by atoms with E-state index in [-0.39, 0.29) is 54.9 Å². The van der Waals surface area contributed by atoms with E-state index in [0.29, 0.717) is 89.1 Å². The van der Waals surface area contributed by atoms with Crippen LogP contribution in [0.25, 0.3) is 11.1 Å². The number of Topliss-reactive ketones (excluding diaryl/α,β-unsaturated/α-hetero) is 3. The first-order valence-corrected chi connectivity index (χ1v) is 32.0. The number of rotatable bonds is 11. The molecule has 6 heterocycles. The van der Waals surface area contributed by atoms with Crippen molar-refractivity contribution in [3.05, 3.63) is 114 Å². The van der Waals surface area contributed by atoms with Crippen molar-refractivity contribution < 1.29 is 62.7 Å². The van der Waals surface area contributed by atoms with Crippen LogP contribution in [0.3, 0.4) is 0 Å². The summed E-state index contributed by atoms with van der Waals surface area (Å²) in [5.41, 5.74) is 11.0. The summed E-state index contributed by atoms with van der Waals surface area (Å²) in [6.45, 7) is 14.8. The van der Waals surface area contributed by atoms with Gasteiger partial charge in [-0.2, -0.15) is 0 Å². The summed E-state index contributed by atoms with van der Waals surface area (Å²) in [5.74, 6) is -5.13. The Labute approximate surface area is 525 Å². The Morgan fingerprint density at radius 3 is 2.33 bits per heavy atom. The number of nitrogens with two attached hydrogens (primary N) is 1. The van der Waals surface area contributed by atoms with E-state index < -0.39 is 89.3 Å². The number of methoxy groups -OCH3 is 1. The Hall–Kier alpha value is -6.47. The van der Waals surface area contributed by atoms with Crippen molar-refractivity contribution in [1.29, 1.82) is 0 Å². The number of anilines is 1. The minimum absolute atomic E-state index is 0.0298. The third-order valence-corrected chi connectivity index (χ3v) is 19.0. The van der Waals surface area contributed by atoms with E-state index in [4.69, 9.17) is 45.5 Å². The Morgan fingerprint density at radius 1 is 0.843 bits per heavy atom. The summed E-state index contributed by atoms with van der Waals surface area (Å²) in [4.78, 5) is 86.9. The average molecular weight is 1230 g/mol. The van der Waals surface area contributed by atoms with Crippen LogP contribution in [0.4, 0.5) is 5.95 Å². The van der Waals surface area contributed by atoms with E-state index in [2.05, 4.69) is 21.8 Å². The number of allylic oxidation sites excluding steroid dienone is 7. The minimum atomic E-state index is -2.50. The van der Waals surface area contributed by atoms with Crippen molar-refractivity contribution in [2.45, 2.75) is 186 Å². The molecule has 3 saturated heterocycles. The van der Waals surface area contributed by atoms with E-state index in [9.17, 15) is 39.3 Å². The fraction of sp³-hybridized carbons (Fsp3) is 0.586. The lowest BCUT2D eigenvalue weighted by Crippen LogP contribution is -2.61. The van der Waals surface area contributed by atoms with Gasteiger partial charge in [-0.1, -0.05) is 93.8 Å². The van der Waals surface area contributed by atoms with Gasteiger partial charge in [-0.15, -0.1) is 6.42 Å². The lowest BCUT2D eigenvalue weighted by atomic mass is 9.80. The molecule has 0 radical (unpaired) electrons. The molecular weight excluding hydrogens is 1130 g/mol. The Morgan fingerprint density at radius 2 is 1.61 bits per heavy atom. The van der Waals surface area contributed by atoms with Gasteiger partial charge in [-0.25, -0.2) is 14.8 Å². The number of nitrogens with zero attached hydrogens (tertiary/aromatic N) is 5. The van der Waals surface area contributed by atoms with Crippen molar-refractivity contribution in [3.8, 4) is 23.5 Å². The van der Waals surface area contributed by atoms with Gasteiger partial charge in [0, 0.05) is 93.9 Å². The molecule has 1 aliphatic carbocycles. The summed E-state index contributed by atoms with van der Waals surface area (Å²) in [5, 5.41) is 34.8. The molecule has 482 valence electrons. The Balaban J connectivity index is 0.984. The third kappa shape index (κ3) is 17.7. The zero-order valence-corrected chi connectivity index (χ0v) is 53.0. The van der Waals surface area contributed by atoms with E-state index >= 15 is 0 Å². The quantitative estimate of drug-likeness (QED) is 0.0613. The second-order valence-corrected chi connectivity index (χ2v) is 25.6. The lowest BCUT2D eigenvalue weighted by molar-refractivity contribution is -0.264. The first kappa shape index (κ1) is 68.4. The molecule has 2 aromatic heterocycles. The normalized spacial score (nSPS) is 33.8. The number of terminal acetylenes is 1. The van der Waals surface area contributed by atoms with E-state index in [1.165, 1.54) is 6.08 Å². The third-order valence-electron chi connectivity index (χ3n) is 19.0. The average Bonchev–Trinajstić information content (AvgIpc) is 1.11. The number of cyclic esters (lactones) is 1. The predicted molar refractivity (Wildman–Crippen MR) is 337 cm³/mol. The number of hydrogen-bond acceptors (Lipinski definition) is 18. The van der Waals surface area contributed by atoms with E-state index in [1.807, 2.05) is 80.9 Å². The molecule has 2 bridgehead atoms. The van der Waals surface area contributed by atoms with Crippen LogP contribution in [0, 0.1) is 41.9 Å². The van der Waals surface area contributed by atoms with Gasteiger partial charge < -0.3 is 54.2 Å². The van der Waals surface area contributed by atoms with Gasteiger partial charge in [0.15, 0.2) is 5.78 Å². The lowest BCUT2D eigenvalue weighted by Gasteiger charge is -2.42. The molecule has 89 heavy (non-hydrogen) atoms. The van der Waals surface area contributed by atoms with E-state index in [0.717, 1.165) is 53.3 Å². The van der Waals surface area contributed by atoms with Crippen molar-refractivity contribution >= 4 is 35.2 Å². The summed E-state index contributed by atoms with van der Waals surface area (Å²) in [6, 6.07) is 9.60. The number of ether oxygens (including phenoxy) is 4. The number of piperazine rings is 1. The van der Waals surface area contributed by atoms with Crippen molar-refractivity contribution in [1.82, 2.24) is 19.8 Å². The number of amides is 1. The van der Waals surface area contributed by atoms with Crippen LogP contribution in [0.2, 0.25) is 0 Å². The van der Waals surface area contributed by atoms with Gasteiger partial charge in [-0.05, 0) is 131 Å². The van der Waals surface area contributed by atoms with Crippen LogP contribution in [-0.2, 0) is 49.5 Å². The minimum Gasteiger partial charge on any atom is -0.469 e. The molecule has 19 heteroatoms. The Kier molecular flexibility index (Phi) is 24.6. The van der Waals surface area contributed by atoms with Gasteiger partial charge in [-0.3, -0.25) is 24.1 Å². The largest absolute Gasteiger partial charge is 0.469 e. The summed E-state index contributed by atoms with van der Waals surface area (Å²) in [6.07, 6.45) is 20.7. The molecular formula is C70H94N6O13. The molecule has 1 unspecified atom stereocenters. The molecule has 1 saturated carbocycles. The number of hydrogen-bond donors (Lipinski definition) is 4. The van der Waals surface area contributed by atoms with Crippen molar-refractivity contribution in [3.63, 3.8) is 0 Å². The number of piperidine rings is 1. The summed E-state index contributed by atoms with van der Waals surface area (Å²) >= 11 is 0. The fourth-order valence-electron chi connectivity index (χ4n) is 13.3. The highest BCUT2D eigenvalue weighted by molar-refractivity contribution is 6.39. The van der Waals surface area contributed by atoms with Crippen molar-refractivity contribution in [2.24, 2.45) is 35.3 Å². The number of aliphatic hydroxyl groups is 3. The number of aromatic nitrogens is 2. The van der Waals surface area contributed by atoms with Gasteiger partial charge in [0.1, 0.15) is 35.9 Å².